The molecule has 2 aromatic carbocycles. The largest absolute Gasteiger partial charge is 0.288 e. The van der Waals surface area contributed by atoms with E-state index in [0.717, 1.165) is 4.90 Å². The van der Waals surface area contributed by atoms with Crippen molar-refractivity contribution in [2.24, 2.45) is 5.10 Å². The fraction of sp³-hybridized carbons (Fsp3) is 0.176. The highest BCUT2D eigenvalue weighted by Gasteiger charge is 2.14. The Morgan fingerprint density at radius 1 is 1.31 bits per heavy atom. The third-order valence-electron chi connectivity index (χ3n) is 3.32. The fourth-order valence-electron chi connectivity index (χ4n) is 1.94. The molecule has 26 heavy (non-hydrogen) atoms. The second-order valence-corrected chi connectivity index (χ2v) is 6.78. The molecular weight excluding hydrogens is 381 g/mol. The number of thioether (sulfide) groups is 1. The molecule has 1 N–H and O–H groups in total. The summed E-state index contributed by atoms with van der Waals surface area (Å²) in [5.74, 6) is -0.0832. The van der Waals surface area contributed by atoms with Gasteiger partial charge in [-0.25, -0.2) is 9.82 Å². The van der Waals surface area contributed by atoms with Crippen molar-refractivity contribution in [2.75, 3.05) is 5.75 Å². The number of nitrogens with zero attached hydrogens (tertiary/aromatic N) is 2. The van der Waals surface area contributed by atoms with Gasteiger partial charge in [-0.3, -0.25) is 14.9 Å². The number of rotatable bonds is 7. The number of amides is 1. The molecule has 0 fully saturated rings. The monoisotopic (exact) mass is 395 g/mol. The van der Waals surface area contributed by atoms with Crippen molar-refractivity contribution in [3.63, 3.8) is 0 Å². The van der Waals surface area contributed by atoms with Gasteiger partial charge in [0.25, 0.3) is 5.69 Å². The second-order valence-electron chi connectivity index (χ2n) is 5.21. The number of hydrazone groups is 1. The average molecular weight is 396 g/mol. The van der Waals surface area contributed by atoms with E-state index in [1.54, 1.807) is 25.1 Å². The highest BCUT2D eigenvalue weighted by atomic mass is 35.5. The minimum Gasteiger partial charge on any atom is -0.273 e. The lowest BCUT2D eigenvalue weighted by Crippen LogP contribution is -2.19. The van der Waals surface area contributed by atoms with Crippen molar-refractivity contribution < 1.29 is 14.1 Å². The molecule has 9 heteroatoms. The lowest BCUT2D eigenvalue weighted by molar-refractivity contribution is -0.384. The maximum absolute atomic E-state index is 12.8. The van der Waals surface area contributed by atoms with Crippen LogP contribution in [0.2, 0.25) is 5.02 Å². The van der Waals surface area contributed by atoms with Gasteiger partial charge in [0.2, 0.25) is 5.91 Å². The smallest absolute Gasteiger partial charge is 0.273 e. The summed E-state index contributed by atoms with van der Waals surface area (Å²) in [6.07, 6.45) is 0.222. The normalized spacial score (nSPS) is 11.3. The first-order chi connectivity index (χ1) is 12.4. The number of carbonyl (C=O) groups excluding carboxylic acids is 1. The SMILES string of the molecule is C/C(=N/NC(=O)CCSc1ccc(F)cc1)c1ccc(Cl)c([N+](=O)[O-])c1. The van der Waals surface area contributed by atoms with E-state index in [1.807, 2.05) is 0 Å². The molecule has 0 bridgehead atoms. The Hall–Kier alpha value is -2.45. The summed E-state index contributed by atoms with van der Waals surface area (Å²) in [5.41, 5.74) is 3.10. The zero-order valence-electron chi connectivity index (χ0n) is 13.7. The molecule has 0 saturated heterocycles. The Labute approximate surface area is 158 Å². The Morgan fingerprint density at radius 3 is 2.65 bits per heavy atom. The van der Waals surface area contributed by atoms with Gasteiger partial charge in [0.1, 0.15) is 10.8 Å². The van der Waals surface area contributed by atoms with Crippen LogP contribution in [0.25, 0.3) is 0 Å². The van der Waals surface area contributed by atoms with Gasteiger partial charge in [0.05, 0.1) is 10.6 Å². The second kappa shape index (κ2) is 9.30. The molecule has 0 atom stereocenters. The molecule has 0 unspecified atom stereocenters. The number of nitro benzene ring substituents is 1. The van der Waals surface area contributed by atoms with E-state index in [-0.39, 0.29) is 28.9 Å². The summed E-state index contributed by atoms with van der Waals surface area (Å²) < 4.78 is 12.8. The molecule has 1 amide bonds. The van der Waals surface area contributed by atoms with Crippen molar-refractivity contribution in [2.45, 2.75) is 18.2 Å². The van der Waals surface area contributed by atoms with E-state index >= 15 is 0 Å². The fourth-order valence-corrected chi connectivity index (χ4v) is 2.97. The van der Waals surface area contributed by atoms with E-state index in [1.165, 1.54) is 36.0 Å². The molecule has 0 radical (unpaired) electrons. The topological polar surface area (TPSA) is 84.6 Å². The first-order valence-electron chi connectivity index (χ1n) is 7.52. The summed E-state index contributed by atoms with van der Waals surface area (Å²) in [6.45, 7) is 1.63. The molecule has 2 rings (SSSR count). The van der Waals surface area contributed by atoms with Crippen LogP contribution in [0.5, 0.6) is 0 Å². The van der Waals surface area contributed by atoms with Gasteiger partial charge >= 0.3 is 0 Å². The minimum atomic E-state index is -0.579. The zero-order valence-corrected chi connectivity index (χ0v) is 15.3. The molecule has 0 aromatic heterocycles. The van der Waals surface area contributed by atoms with Crippen molar-refractivity contribution >= 4 is 40.7 Å². The van der Waals surface area contributed by atoms with E-state index < -0.39 is 4.92 Å². The minimum absolute atomic E-state index is 0.0356. The van der Waals surface area contributed by atoms with Gasteiger partial charge in [-0.2, -0.15) is 5.10 Å². The van der Waals surface area contributed by atoms with Gasteiger partial charge < -0.3 is 0 Å². The average Bonchev–Trinajstić information content (AvgIpc) is 2.61. The molecule has 0 spiro atoms. The van der Waals surface area contributed by atoms with E-state index in [0.29, 0.717) is 17.0 Å². The molecule has 0 aliphatic rings. The number of nitro groups is 1. The first-order valence-corrected chi connectivity index (χ1v) is 8.89. The van der Waals surface area contributed by atoms with Gasteiger partial charge in [0, 0.05) is 28.7 Å². The van der Waals surface area contributed by atoms with Crippen LogP contribution in [0.15, 0.2) is 52.5 Å². The summed E-state index contributed by atoms with van der Waals surface area (Å²) >= 11 is 7.19. The Kier molecular flexibility index (Phi) is 7.11. The lowest BCUT2D eigenvalue weighted by Gasteiger charge is -2.04. The van der Waals surface area contributed by atoms with Crippen LogP contribution in [0, 0.1) is 15.9 Å². The summed E-state index contributed by atoms with van der Waals surface area (Å²) in [5, 5.41) is 14.9. The number of halogens is 2. The predicted octanol–water partition coefficient (Wildman–Crippen LogP) is 4.41. The van der Waals surface area contributed by atoms with Crippen molar-refractivity contribution in [3.8, 4) is 0 Å². The van der Waals surface area contributed by atoms with Crippen LogP contribution in [-0.4, -0.2) is 22.3 Å². The summed E-state index contributed by atoms with van der Waals surface area (Å²) in [4.78, 5) is 23.0. The van der Waals surface area contributed by atoms with Gasteiger partial charge in [-0.15, -0.1) is 11.8 Å². The van der Waals surface area contributed by atoms with Crippen molar-refractivity contribution in [1.29, 1.82) is 0 Å². The molecule has 0 aliphatic heterocycles. The van der Waals surface area contributed by atoms with Crippen LogP contribution in [-0.2, 0) is 4.79 Å². The predicted molar refractivity (Wildman–Crippen MR) is 100 cm³/mol. The molecule has 0 heterocycles. The number of carbonyl (C=O) groups is 1. The highest BCUT2D eigenvalue weighted by molar-refractivity contribution is 7.99. The van der Waals surface area contributed by atoms with Crippen LogP contribution in [0.4, 0.5) is 10.1 Å². The quantitative estimate of drug-likeness (QED) is 0.325. The standard InChI is InChI=1S/C17H15ClFN3O3S/c1-11(12-2-7-15(18)16(10-12)22(24)25)20-21-17(23)8-9-26-14-5-3-13(19)4-6-14/h2-7,10H,8-9H2,1H3,(H,21,23)/b20-11-. The molecule has 0 aliphatic carbocycles. The maximum Gasteiger partial charge on any atom is 0.288 e. The van der Waals surface area contributed by atoms with Crippen LogP contribution in [0.1, 0.15) is 18.9 Å². The Balaban J connectivity index is 1.87. The lowest BCUT2D eigenvalue weighted by atomic mass is 10.1. The van der Waals surface area contributed by atoms with Crippen LogP contribution in [0.3, 0.4) is 0 Å². The Morgan fingerprint density at radius 2 is 2.00 bits per heavy atom. The first kappa shape index (κ1) is 19.9. The molecule has 2 aromatic rings. The van der Waals surface area contributed by atoms with Crippen LogP contribution >= 0.6 is 23.4 Å². The van der Waals surface area contributed by atoms with Gasteiger partial charge in [0.15, 0.2) is 0 Å². The van der Waals surface area contributed by atoms with E-state index in [9.17, 15) is 19.3 Å². The summed E-state index contributed by atoms with van der Waals surface area (Å²) in [6, 6.07) is 10.3. The van der Waals surface area contributed by atoms with E-state index in [2.05, 4.69) is 10.5 Å². The zero-order chi connectivity index (χ0) is 19.1. The van der Waals surface area contributed by atoms with Gasteiger partial charge in [-0.1, -0.05) is 17.7 Å². The number of nitrogens with one attached hydrogen (secondary N) is 1. The third-order valence-corrected chi connectivity index (χ3v) is 4.65. The molecule has 0 saturated carbocycles. The van der Waals surface area contributed by atoms with Crippen molar-refractivity contribution in [3.05, 3.63) is 69.0 Å². The molecule has 6 nitrogen and oxygen atoms in total. The van der Waals surface area contributed by atoms with Crippen molar-refractivity contribution in [1.82, 2.24) is 5.43 Å². The number of hydrogen-bond acceptors (Lipinski definition) is 5. The Bertz CT molecular complexity index is 844. The molecular formula is C17H15ClFN3O3S. The third kappa shape index (κ3) is 5.82. The van der Waals surface area contributed by atoms with E-state index in [4.69, 9.17) is 11.6 Å². The summed E-state index contributed by atoms with van der Waals surface area (Å²) in [7, 11) is 0. The number of benzene rings is 2. The highest BCUT2D eigenvalue weighted by Crippen LogP contribution is 2.25. The number of hydrogen-bond donors (Lipinski definition) is 1. The molecule has 136 valence electrons. The maximum atomic E-state index is 12.8. The van der Waals surface area contributed by atoms with Gasteiger partial charge in [-0.05, 0) is 37.3 Å². The van der Waals surface area contributed by atoms with Crippen LogP contribution < -0.4 is 5.43 Å².